The van der Waals surface area contributed by atoms with Crippen molar-refractivity contribution in [2.75, 3.05) is 13.2 Å². The van der Waals surface area contributed by atoms with Gasteiger partial charge in [0.05, 0.1) is 25.9 Å². The van der Waals surface area contributed by atoms with Gasteiger partial charge in [0.2, 0.25) is 0 Å². The Balaban J connectivity index is 1.50. The minimum absolute atomic E-state index is 0.0661. The molecule has 0 aliphatic heterocycles. The molecule has 0 heterocycles. The van der Waals surface area contributed by atoms with Crippen molar-refractivity contribution in [1.29, 1.82) is 0 Å². The summed E-state index contributed by atoms with van der Waals surface area (Å²) in [5, 5.41) is 0. The van der Waals surface area contributed by atoms with E-state index in [1.54, 1.807) is 0 Å². The molecule has 3 aromatic rings. The highest BCUT2D eigenvalue weighted by Gasteiger charge is 2.18. The molecule has 0 amide bonds. The molecule has 3 rings (SSSR count). The molecule has 0 aliphatic carbocycles. The number of nitrogens with zero attached hydrogens (tertiary/aromatic N) is 1. The molecule has 0 aliphatic rings. The van der Waals surface area contributed by atoms with E-state index in [4.69, 9.17) is 21.3 Å². The fourth-order valence-corrected chi connectivity index (χ4v) is 3.35. The highest BCUT2D eigenvalue weighted by Crippen LogP contribution is 2.16. The minimum Gasteiger partial charge on any atom is -0.377 e. The van der Waals surface area contributed by atoms with Crippen LogP contribution < -0.4 is 0 Å². The van der Waals surface area contributed by atoms with Crippen LogP contribution in [0.4, 0.5) is 0 Å². The van der Waals surface area contributed by atoms with Crippen molar-refractivity contribution in [3.63, 3.8) is 0 Å². The van der Waals surface area contributed by atoms with Crippen LogP contribution in [0.1, 0.15) is 23.1 Å². The highest BCUT2D eigenvalue weighted by molar-refractivity contribution is 6.13. The second kappa shape index (κ2) is 12.4. The summed E-state index contributed by atoms with van der Waals surface area (Å²) in [4.78, 5) is 0. The third-order valence-electron chi connectivity index (χ3n) is 4.70. The van der Waals surface area contributed by atoms with E-state index < -0.39 is 0 Å². The topological polar surface area (TPSA) is 21.7 Å². The van der Waals surface area contributed by atoms with Crippen molar-refractivity contribution in [2.24, 2.45) is 0 Å². The molecule has 0 unspecified atom stereocenters. The Morgan fingerprint density at radius 3 is 1.69 bits per heavy atom. The van der Waals surface area contributed by atoms with Crippen molar-refractivity contribution >= 4 is 11.8 Å². The summed E-state index contributed by atoms with van der Waals surface area (Å²) in [7, 11) is 0. The first-order valence-corrected chi connectivity index (χ1v) is 10.3. The summed E-state index contributed by atoms with van der Waals surface area (Å²) in [5.74, 6) is 0. The molecule has 1 atom stereocenters. The second-order valence-corrected chi connectivity index (χ2v) is 7.46. The SMILES string of the molecule is ClN(Cc1ccccc1)[C@@H](CCOCc1ccccc1)COCc1ccccc1. The van der Waals surface area contributed by atoms with Gasteiger partial charge in [-0.2, -0.15) is 0 Å². The van der Waals surface area contributed by atoms with Crippen LogP contribution in [0.3, 0.4) is 0 Å². The van der Waals surface area contributed by atoms with Gasteiger partial charge in [0.15, 0.2) is 0 Å². The Labute approximate surface area is 179 Å². The van der Waals surface area contributed by atoms with Crippen molar-refractivity contribution in [3.05, 3.63) is 108 Å². The van der Waals surface area contributed by atoms with Crippen LogP contribution in [0.25, 0.3) is 0 Å². The summed E-state index contributed by atoms with van der Waals surface area (Å²) in [6.45, 7) is 3.05. The number of benzene rings is 3. The lowest BCUT2D eigenvalue weighted by Gasteiger charge is -2.25. The molecule has 0 saturated carbocycles. The number of hydrogen-bond acceptors (Lipinski definition) is 3. The largest absolute Gasteiger partial charge is 0.377 e. The monoisotopic (exact) mass is 409 g/mol. The molecule has 0 fully saturated rings. The zero-order valence-corrected chi connectivity index (χ0v) is 17.4. The Morgan fingerprint density at radius 2 is 1.14 bits per heavy atom. The average molecular weight is 410 g/mol. The summed E-state index contributed by atoms with van der Waals surface area (Å²) >= 11 is 6.66. The molecule has 4 heteroatoms. The Kier molecular flexibility index (Phi) is 9.21. The van der Waals surface area contributed by atoms with Gasteiger partial charge >= 0.3 is 0 Å². The lowest BCUT2D eigenvalue weighted by atomic mass is 10.2. The van der Waals surface area contributed by atoms with E-state index in [0.717, 1.165) is 12.0 Å². The standard InChI is InChI=1S/C25H28ClNO2/c26-27(18-22-10-4-1-5-11-22)25(21-29-20-24-14-8-3-9-15-24)16-17-28-19-23-12-6-2-7-13-23/h1-15,25H,16-21H2/t25-/m0/s1. The summed E-state index contributed by atoms with van der Waals surface area (Å²) < 4.78 is 13.7. The zero-order chi connectivity index (χ0) is 20.2. The lowest BCUT2D eigenvalue weighted by Crippen LogP contribution is -2.32. The number of halogens is 1. The van der Waals surface area contributed by atoms with Crippen molar-refractivity contribution in [3.8, 4) is 0 Å². The van der Waals surface area contributed by atoms with Crippen LogP contribution >= 0.6 is 11.8 Å². The predicted octanol–water partition coefficient (Wildman–Crippen LogP) is 5.83. The molecule has 0 N–H and O–H groups in total. The first-order chi connectivity index (χ1) is 14.3. The smallest absolute Gasteiger partial charge is 0.0717 e. The van der Waals surface area contributed by atoms with E-state index in [0.29, 0.717) is 33.0 Å². The quantitative estimate of drug-likeness (QED) is 0.277. The van der Waals surface area contributed by atoms with E-state index in [1.807, 2.05) is 59.0 Å². The zero-order valence-electron chi connectivity index (χ0n) is 16.6. The van der Waals surface area contributed by atoms with Crippen molar-refractivity contribution < 1.29 is 9.47 Å². The molecule has 29 heavy (non-hydrogen) atoms. The maximum Gasteiger partial charge on any atom is 0.0717 e. The number of rotatable bonds is 12. The molecule has 0 saturated heterocycles. The van der Waals surface area contributed by atoms with Crippen LogP contribution in [-0.2, 0) is 29.2 Å². The summed E-state index contributed by atoms with van der Waals surface area (Å²) in [5.41, 5.74) is 3.52. The molecule has 0 spiro atoms. The van der Waals surface area contributed by atoms with Crippen LogP contribution in [0, 0.1) is 0 Å². The van der Waals surface area contributed by atoms with Gasteiger partial charge in [-0.05, 0) is 34.9 Å². The Morgan fingerprint density at radius 1 is 0.655 bits per heavy atom. The maximum atomic E-state index is 6.66. The van der Waals surface area contributed by atoms with Crippen molar-refractivity contribution in [1.82, 2.24) is 4.42 Å². The fraction of sp³-hybridized carbons (Fsp3) is 0.280. The Hall–Kier alpha value is -2.17. The van der Waals surface area contributed by atoms with Crippen LogP contribution in [0.2, 0.25) is 0 Å². The van der Waals surface area contributed by atoms with Gasteiger partial charge in [-0.3, -0.25) is 0 Å². The molecule has 0 radical (unpaired) electrons. The third kappa shape index (κ3) is 8.00. The number of ether oxygens (including phenoxy) is 2. The molecule has 0 bridgehead atoms. The average Bonchev–Trinajstić information content (AvgIpc) is 2.77. The van der Waals surface area contributed by atoms with Gasteiger partial charge in [0.25, 0.3) is 0 Å². The fourth-order valence-electron chi connectivity index (χ4n) is 3.06. The summed E-state index contributed by atoms with van der Waals surface area (Å²) in [6, 6.07) is 30.7. The molecular weight excluding hydrogens is 382 g/mol. The van der Waals surface area contributed by atoms with Crippen LogP contribution in [0.5, 0.6) is 0 Å². The van der Waals surface area contributed by atoms with Crippen molar-refractivity contribution in [2.45, 2.75) is 32.2 Å². The second-order valence-electron chi connectivity index (χ2n) is 7.02. The van der Waals surface area contributed by atoms with Gasteiger partial charge in [0, 0.05) is 13.2 Å². The summed E-state index contributed by atoms with van der Waals surface area (Å²) in [6.07, 6.45) is 0.804. The predicted molar refractivity (Wildman–Crippen MR) is 118 cm³/mol. The van der Waals surface area contributed by atoms with Gasteiger partial charge < -0.3 is 9.47 Å². The number of hydrogen-bond donors (Lipinski definition) is 0. The lowest BCUT2D eigenvalue weighted by molar-refractivity contribution is 0.0494. The Bertz CT molecular complexity index is 799. The van der Waals surface area contributed by atoms with E-state index in [-0.39, 0.29) is 6.04 Å². The van der Waals surface area contributed by atoms with E-state index >= 15 is 0 Å². The van der Waals surface area contributed by atoms with Gasteiger partial charge in [-0.1, -0.05) is 91.0 Å². The maximum absolute atomic E-state index is 6.66. The molecule has 3 aromatic carbocycles. The first kappa shape index (κ1) is 21.5. The molecular formula is C25H28ClNO2. The third-order valence-corrected chi connectivity index (χ3v) is 5.10. The molecule has 3 nitrogen and oxygen atoms in total. The van der Waals surface area contributed by atoms with E-state index in [2.05, 4.69) is 36.4 Å². The normalized spacial score (nSPS) is 12.2. The van der Waals surface area contributed by atoms with Gasteiger partial charge in [-0.25, -0.2) is 4.42 Å². The van der Waals surface area contributed by atoms with Crippen LogP contribution in [0.15, 0.2) is 91.0 Å². The van der Waals surface area contributed by atoms with Gasteiger partial charge in [0.1, 0.15) is 0 Å². The van der Waals surface area contributed by atoms with E-state index in [9.17, 15) is 0 Å². The highest BCUT2D eigenvalue weighted by atomic mass is 35.5. The molecule has 152 valence electrons. The van der Waals surface area contributed by atoms with E-state index in [1.165, 1.54) is 11.1 Å². The minimum atomic E-state index is 0.0661. The first-order valence-electron chi connectivity index (χ1n) is 10.0. The molecule has 0 aromatic heterocycles. The van der Waals surface area contributed by atoms with Gasteiger partial charge in [-0.15, -0.1) is 0 Å². The van der Waals surface area contributed by atoms with Crippen LogP contribution in [-0.4, -0.2) is 23.7 Å².